The van der Waals surface area contributed by atoms with E-state index < -0.39 is 5.97 Å². The number of amides is 1. The molecular weight excluding hydrogens is 312 g/mol. The number of hydrogen-bond donors (Lipinski definition) is 1. The van der Waals surface area contributed by atoms with E-state index in [0.29, 0.717) is 37.4 Å². The molecule has 0 saturated carbocycles. The van der Waals surface area contributed by atoms with Crippen molar-refractivity contribution in [2.45, 2.75) is 19.8 Å². The van der Waals surface area contributed by atoms with Gasteiger partial charge in [-0.05, 0) is 44.0 Å². The van der Waals surface area contributed by atoms with Crippen molar-refractivity contribution in [1.29, 1.82) is 0 Å². The zero-order valence-electron chi connectivity index (χ0n) is 13.7. The number of anilines is 1. The van der Waals surface area contributed by atoms with Crippen molar-refractivity contribution >= 4 is 23.5 Å². The fraction of sp³-hybridized carbons (Fsp3) is 0.471. The average Bonchev–Trinajstić information content (AvgIpc) is 2.60. The average molecular weight is 334 g/mol. The highest BCUT2D eigenvalue weighted by Gasteiger charge is 2.29. The molecule has 1 saturated heterocycles. The molecule has 1 aromatic carbocycles. The standard InChI is InChI=1S/C17H22N2O5/c1-2-23-17(22)13-4-3-9-19(10-13)15(20)11-24-16(21)12-5-7-14(18)8-6-12/h5-8,13H,2-4,9-11,18H2,1H3. The molecule has 2 rings (SSSR count). The fourth-order valence-electron chi connectivity index (χ4n) is 2.58. The van der Waals surface area contributed by atoms with E-state index in [0.717, 1.165) is 6.42 Å². The van der Waals surface area contributed by atoms with E-state index in [1.165, 1.54) is 0 Å². The Labute approximate surface area is 140 Å². The Balaban J connectivity index is 1.84. The van der Waals surface area contributed by atoms with Crippen LogP contribution in [0.3, 0.4) is 0 Å². The van der Waals surface area contributed by atoms with Crippen LogP contribution in [0.15, 0.2) is 24.3 Å². The number of benzene rings is 1. The van der Waals surface area contributed by atoms with Gasteiger partial charge in [-0.25, -0.2) is 4.79 Å². The fourth-order valence-corrected chi connectivity index (χ4v) is 2.58. The number of nitrogen functional groups attached to an aromatic ring is 1. The summed E-state index contributed by atoms with van der Waals surface area (Å²) < 4.78 is 10.0. The molecule has 1 aliphatic rings. The lowest BCUT2D eigenvalue weighted by atomic mass is 9.98. The van der Waals surface area contributed by atoms with Gasteiger partial charge in [0.2, 0.25) is 0 Å². The topological polar surface area (TPSA) is 98.9 Å². The third-order valence-electron chi connectivity index (χ3n) is 3.87. The number of nitrogens with two attached hydrogens (primary N) is 1. The summed E-state index contributed by atoms with van der Waals surface area (Å²) in [7, 11) is 0. The minimum absolute atomic E-state index is 0.283. The molecule has 24 heavy (non-hydrogen) atoms. The number of rotatable bonds is 5. The second-order valence-electron chi connectivity index (χ2n) is 5.63. The van der Waals surface area contributed by atoms with E-state index >= 15 is 0 Å². The maximum absolute atomic E-state index is 12.2. The molecule has 0 aliphatic carbocycles. The van der Waals surface area contributed by atoms with Gasteiger partial charge >= 0.3 is 11.9 Å². The van der Waals surface area contributed by atoms with E-state index in [9.17, 15) is 14.4 Å². The number of likely N-dealkylation sites (tertiary alicyclic amines) is 1. The maximum Gasteiger partial charge on any atom is 0.338 e. The first-order valence-electron chi connectivity index (χ1n) is 7.98. The molecule has 1 aliphatic heterocycles. The molecule has 0 spiro atoms. The van der Waals surface area contributed by atoms with Crippen LogP contribution in [0.25, 0.3) is 0 Å². The first-order chi connectivity index (χ1) is 11.5. The molecule has 1 unspecified atom stereocenters. The molecule has 0 bridgehead atoms. The van der Waals surface area contributed by atoms with E-state index in [1.807, 2.05) is 0 Å². The Morgan fingerprint density at radius 1 is 1.21 bits per heavy atom. The Hall–Kier alpha value is -2.57. The lowest BCUT2D eigenvalue weighted by molar-refractivity contribution is -0.151. The quantitative estimate of drug-likeness (QED) is 0.642. The maximum atomic E-state index is 12.2. The Morgan fingerprint density at radius 3 is 2.58 bits per heavy atom. The lowest BCUT2D eigenvalue weighted by Gasteiger charge is -2.31. The SMILES string of the molecule is CCOC(=O)C1CCCN(C(=O)COC(=O)c2ccc(N)cc2)C1. The van der Waals surface area contributed by atoms with Gasteiger partial charge in [0.15, 0.2) is 6.61 Å². The highest BCUT2D eigenvalue weighted by molar-refractivity contribution is 5.91. The molecular formula is C17H22N2O5. The molecule has 1 aromatic rings. The van der Waals surface area contributed by atoms with Gasteiger partial charge in [0.1, 0.15) is 0 Å². The van der Waals surface area contributed by atoms with Crippen LogP contribution < -0.4 is 5.73 Å². The van der Waals surface area contributed by atoms with Gasteiger partial charge in [-0.3, -0.25) is 9.59 Å². The van der Waals surface area contributed by atoms with Crippen molar-refractivity contribution in [3.63, 3.8) is 0 Å². The summed E-state index contributed by atoms with van der Waals surface area (Å²) >= 11 is 0. The van der Waals surface area contributed by atoms with Gasteiger partial charge in [-0.1, -0.05) is 0 Å². The summed E-state index contributed by atoms with van der Waals surface area (Å²) in [6, 6.07) is 6.26. The van der Waals surface area contributed by atoms with E-state index in [4.69, 9.17) is 15.2 Å². The van der Waals surface area contributed by atoms with Crippen molar-refractivity contribution in [3.05, 3.63) is 29.8 Å². The number of ether oxygens (including phenoxy) is 2. The molecule has 0 aromatic heterocycles. The van der Waals surface area contributed by atoms with Gasteiger partial charge in [0, 0.05) is 18.8 Å². The molecule has 1 heterocycles. The van der Waals surface area contributed by atoms with Crippen LogP contribution >= 0.6 is 0 Å². The normalized spacial score (nSPS) is 17.2. The van der Waals surface area contributed by atoms with Crippen LogP contribution in [-0.2, 0) is 19.1 Å². The van der Waals surface area contributed by atoms with Crippen molar-refractivity contribution < 1.29 is 23.9 Å². The van der Waals surface area contributed by atoms with Gasteiger partial charge in [0.05, 0.1) is 18.1 Å². The third-order valence-corrected chi connectivity index (χ3v) is 3.87. The van der Waals surface area contributed by atoms with Crippen molar-refractivity contribution in [2.75, 3.05) is 32.0 Å². The number of carbonyl (C=O) groups is 3. The number of esters is 2. The first kappa shape index (κ1) is 17.8. The van der Waals surface area contributed by atoms with Crippen LogP contribution in [0.4, 0.5) is 5.69 Å². The summed E-state index contributed by atoms with van der Waals surface area (Å²) in [4.78, 5) is 37.4. The second kappa shape index (κ2) is 8.33. The molecule has 130 valence electrons. The van der Waals surface area contributed by atoms with Crippen LogP contribution in [-0.4, -0.2) is 49.0 Å². The minimum atomic E-state index is -0.581. The Morgan fingerprint density at radius 2 is 1.92 bits per heavy atom. The van der Waals surface area contributed by atoms with Gasteiger partial charge in [-0.2, -0.15) is 0 Å². The highest BCUT2D eigenvalue weighted by atomic mass is 16.5. The van der Waals surface area contributed by atoms with E-state index in [-0.39, 0.29) is 24.4 Å². The van der Waals surface area contributed by atoms with Crippen LogP contribution in [0.1, 0.15) is 30.1 Å². The monoisotopic (exact) mass is 334 g/mol. The Kier molecular flexibility index (Phi) is 6.17. The zero-order valence-corrected chi connectivity index (χ0v) is 13.7. The first-order valence-corrected chi connectivity index (χ1v) is 7.98. The molecule has 0 radical (unpaired) electrons. The Bertz CT molecular complexity index is 600. The number of piperidine rings is 1. The summed E-state index contributed by atoms with van der Waals surface area (Å²) in [6.07, 6.45) is 1.43. The van der Waals surface area contributed by atoms with Crippen LogP contribution in [0.5, 0.6) is 0 Å². The molecule has 1 amide bonds. The summed E-state index contributed by atoms with van der Waals surface area (Å²) in [6.45, 7) is 2.58. The van der Waals surface area contributed by atoms with Crippen molar-refractivity contribution in [2.24, 2.45) is 5.92 Å². The van der Waals surface area contributed by atoms with Gasteiger partial charge < -0.3 is 20.1 Å². The van der Waals surface area contributed by atoms with Crippen LogP contribution in [0.2, 0.25) is 0 Å². The molecule has 1 atom stereocenters. The van der Waals surface area contributed by atoms with Gasteiger partial charge in [-0.15, -0.1) is 0 Å². The number of hydrogen-bond acceptors (Lipinski definition) is 6. The largest absolute Gasteiger partial charge is 0.466 e. The number of carbonyl (C=O) groups excluding carboxylic acids is 3. The smallest absolute Gasteiger partial charge is 0.338 e. The van der Waals surface area contributed by atoms with Crippen molar-refractivity contribution in [3.8, 4) is 0 Å². The highest BCUT2D eigenvalue weighted by Crippen LogP contribution is 2.18. The molecule has 2 N–H and O–H groups in total. The predicted molar refractivity (Wildman–Crippen MR) is 87.1 cm³/mol. The zero-order chi connectivity index (χ0) is 17.5. The third kappa shape index (κ3) is 4.71. The molecule has 1 fully saturated rings. The van der Waals surface area contributed by atoms with Gasteiger partial charge in [0.25, 0.3) is 5.91 Å². The summed E-state index contributed by atoms with van der Waals surface area (Å²) in [5.41, 5.74) is 6.43. The summed E-state index contributed by atoms with van der Waals surface area (Å²) in [5, 5.41) is 0. The lowest BCUT2D eigenvalue weighted by Crippen LogP contribution is -2.44. The van der Waals surface area contributed by atoms with Crippen LogP contribution in [0, 0.1) is 5.92 Å². The molecule has 7 heteroatoms. The van der Waals surface area contributed by atoms with Crippen molar-refractivity contribution in [1.82, 2.24) is 4.90 Å². The second-order valence-corrected chi connectivity index (χ2v) is 5.63. The number of nitrogens with zero attached hydrogens (tertiary/aromatic N) is 1. The minimum Gasteiger partial charge on any atom is -0.466 e. The predicted octanol–water partition coefficient (Wildman–Crippen LogP) is 1.23. The van der Waals surface area contributed by atoms with E-state index in [1.54, 1.807) is 36.1 Å². The molecule has 7 nitrogen and oxygen atoms in total. The summed E-state index contributed by atoms with van der Waals surface area (Å²) in [5.74, 6) is -1.49. The van der Waals surface area contributed by atoms with E-state index in [2.05, 4.69) is 0 Å².